The van der Waals surface area contributed by atoms with Crippen molar-refractivity contribution in [2.75, 3.05) is 13.1 Å². The zero-order valence-electron chi connectivity index (χ0n) is 12.2. The molecule has 1 saturated heterocycles. The van der Waals surface area contributed by atoms with Crippen LogP contribution in [-0.4, -0.2) is 29.1 Å². The van der Waals surface area contributed by atoms with Crippen LogP contribution in [0.3, 0.4) is 0 Å². The first-order valence-corrected chi connectivity index (χ1v) is 7.17. The van der Waals surface area contributed by atoms with Gasteiger partial charge in [0.2, 0.25) is 0 Å². The number of carboxylic acids is 1. The molecule has 20 heavy (non-hydrogen) atoms. The zero-order chi connectivity index (χ0) is 14.8. The molecule has 0 spiro atoms. The number of halogens is 1. The summed E-state index contributed by atoms with van der Waals surface area (Å²) in [5.41, 5.74) is 1.18. The number of piperidine rings is 1. The minimum Gasteiger partial charge on any atom is -0.478 e. The van der Waals surface area contributed by atoms with Crippen LogP contribution in [0.15, 0.2) is 18.2 Å². The molecule has 1 aliphatic rings. The highest BCUT2D eigenvalue weighted by molar-refractivity contribution is 5.87. The second kappa shape index (κ2) is 5.92. The Morgan fingerprint density at radius 1 is 1.35 bits per heavy atom. The number of carboxylic acid groups (broad SMARTS) is 1. The molecule has 110 valence electrons. The molecule has 0 radical (unpaired) electrons. The van der Waals surface area contributed by atoms with Crippen molar-refractivity contribution < 1.29 is 14.3 Å². The Labute approximate surface area is 119 Å². The third-order valence-electron chi connectivity index (χ3n) is 4.53. The first-order valence-electron chi connectivity index (χ1n) is 7.17. The summed E-state index contributed by atoms with van der Waals surface area (Å²) in [5, 5.41) is 8.96. The molecule has 0 amide bonds. The highest BCUT2D eigenvalue weighted by Crippen LogP contribution is 2.34. The Hall–Kier alpha value is -1.42. The van der Waals surface area contributed by atoms with Crippen molar-refractivity contribution in [3.8, 4) is 0 Å². The fourth-order valence-corrected chi connectivity index (χ4v) is 2.73. The van der Waals surface area contributed by atoms with E-state index in [2.05, 4.69) is 18.7 Å². The molecule has 1 N–H and O–H groups in total. The van der Waals surface area contributed by atoms with Crippen LogP contribution < -0.4 is 0 Å². The van der Waals surface area contributed by atoms with Gasteiger partial charge in [0, 0.05) is 6.54 Å². The number of aromatic carboxylic acids is 1. The fraction of sp³-hybridized carbons (Fsp3) is 0.562. The van der Waals surface area contributed by atoms with Crippen LogP contribution in [0.25, 0.3) is 0 Å². The third kappa shape index (κ3) is 3.57. The highest BCUT2D eigenvalue weighted by atomic mass is 19.1. The first-order chi connectivity index (χ1) is 9.42. The maximum atomic E-state index is 13.4. The summed E-state index contributed by atoms with van der Waals surface area (Å²) in [4.78, 5) is 13.2. The van der Waals surface area contributed by atoms with Crippen LogP contribution in [0.5, 0.6) is 0 Å². The van der Waals surface area contributed by atoms with Gasteiger partial charge in [0.1, 0.15) is 5.82 Å². The average Bonchev–Trinajstić information content (AvgIpc) is 2.41. The Morgan fingerprint density at radius 2 is 2.00 bits per heavy atom. The minimum atomic E-state index is -1.08. The molecule has 2 rings (SSSR count). The zero-order valence-corrected chi connectivity index (χ0v) is 12.2. The molecule has 0 saturated carbocycles. The summed E-state index contributed by atoms with van der Waals surface area (Å²) in [6, 6.07) is 4.06. The topological polar surface area (TPSA) is 40.5 Å². The number of nitrogens with zero attached hydrogens (tertiary/aromatic N) is 1. The number of hydrogen-bond acceptors (Lipinski definition) is 2. The summed E-state index contributed by atoms with van der Waals surface area (Å²) in [7, 11) is 0. The van der Waals surface area contributed by atoms with E-state index in [1.807, 2.05) is 0 Å². The third-order valence-corrected chi connectivity index (χ3v) is 4.53. The van der Waals surface area contributed by atoms with Crippen molar-refractivity contribution in [2.24, 2.45) is 5.41 Å². The molecule has 1 fully saturated rings. The SMILES string of the molecule is CCC1(C)CCN(Cc2cc(F)cc(C(=O)O)c2)CC1. The van der Waals surface area contributed by atoms with Gasteiger partial charge in [-0.15, -0.1) is 0 Å². The maximum Gasteiger partial charge on any atom is 0.335 e. The molecule has 1 heterocycles. The average molecular weight is 279 g/mol. The van der Waals surface area contributed by atoms with Crippen LogP contribution in [0, 0.1) is 11.2 Å². The van der Waals surface area contributed by atoms with E-state index in [1.165, 1.54) is 12.5 Å². The van der Waals surface area contributed by atoms with Crippen molar-refractivity contribution in [1.82, 2.24) is 4.90 Å². The Morgan fingerprint density at radius 3 is 2.55 bits per heavy atom. The van der Waals surface area contributed by atoms with Gasteiger partial charge in [0.15, 0.2) is 0 Å². The van der Waals surface area contributed by atoms with Crippen LogP contribution in [0.1, 0.15) is 49.0 Å². The van der Waals surface area contributed by atoms with Crippen LogP contribution in [-0.2, 0) is 6.54 Å². The van der Waals surface area contributed by atoms with Crippen LogP contribution in [0.2, 0.25) is 0 Å². The van der Waals surface area contributed by atoms with Gasteiger partial charge in [-0.2, -0.15) is 0 Å². The second-order valence-electron chi connectivity index (χ2n) is 6.09. The van der Waals surface area contributed by atoms with Gasteiger partial charge in [-0.3, -0.25) is 4.90 Å². The molecule has 4 heteroatoms. The summed E-state index contributed by atoms with van der Waals surface area (Å²) in [6.07, 6.45) is 3.47. The summed E-state index contributed by atoms with van der Waals surface area (Å²) < 4.78 is 13.4. The van der Waals surface area contributed by atoms with E-state index in [9.17, 15) is 9.18 Å². The lowest BCUT2D eigenvalue weighted by atomic mass is 9.78. The molecule has 3 nitrogen and oxygen atoms in total. The second-order valence-corrected chi connectivity index (χ2v) is 6.09. The molecule has 0 aromatic heterocycles. The first kappa shape index (κ1) is 15.0. The summed E-state index contributed by atoms with van der Waals surface area (Å²) in [6.45, 7) is 7.14. The van der Waals surface area contributed by atoms with E-state index in [-0.39, 0.29) is 5.56 Å². The van der Waals surface area contributed by atoms with E-state index in [0.29, 0.717) is 12.0 Å². The van der Waals surface area contributed by atoms with Crippen LogP contribution >= 0.6 is 0 Å². The Kier molecular flexibility index (Phi) is 4.43. The number of rotatable bonds is 4. The normalized spacial score (nSPS) is 18.9. The standard InChI is InChI=1S/C16H22FNO2/c1-3-16(2)4-6-18(7-5-16)11-12-8-13(15(19)20)10-14(17)9-12/h8-10H,3-7,11H2,1-2H3,(H,19,20). The van der Waals surface area contributed by atoms with Crippen molar-refractivity contribution in [2.45, 2.75) is 39.7 Å². The predicted molar refractivity (Wildman–Crippen MR) is 76.3 cm³/mol. The smallest absolute Gasteiger partial charge is 0.335 e. The number of hydrogen-bond donors (Lipinski definition) is 1. The molecule has 0 unspecified atom stereocenters. The van der Waals surface area contributed by atoms with Crippen molar-refractivity contribution in [3.05, 3.63) is 35.1 Å². The van der Waals surface area contributed by atoms with Crippen molar-refractivity contribution in [1.29, 1.82) is 0 Å². The molecule has 0 bridgehead atoms. The lowest BCUT2D eigenvalue weighted by molar-refractivity contribution is 0.0696. The quantitative estimate of drug-likeness (QED) is 0.916. The van der Waals surface area contributed by atoms with E-state index in [1.54, 1.807) is 6.07 Å². The van der Waals surface area contributed by atoms with Crippen LogP contribution in [0.4, 0.5) is 4.39 Å². The van der Waals surface area contributed by atoms with Gasteiger partial charge < -0.3 is 5.11 Å². The van der Waals surface area contributed by atoms with E-state index in [4.69, 9.17) is 5.11 Å². The van der Waals surface area contributed by atoms with Gasteiger partial charge in [0.25, 0.3) is 0 Å². The lowest BCUT2D eigenvalue weighted by Crippen LogP contribution is -2.37. The molecule has 1 aromatic carbocycles. The van der Waals surface area contributed by atoms with Crippen molar-refractivity contribution >= 4 is 5.97 Å². The number of benzene rings is 1. The molecule has 0 aliphatic carbocycles. The predicted octanol–water partition coefficient (Wildman–Crippen LogP) is 3.54. The molecule has 1 aromatic rings. The lowest BCUT2D eigenvalue weighted by Gasteiger charge is -2.39. The van der Waals surface area contributed by atoms with Crippen molar-refractivity contribution in [3.63, 3.8) is 0 Å². The largest absolute Gasteiger partial charge is 0.478 e. The number of likely N-dealkylation sites (tertiary alicyclic amines) is 1. The Bertz CT molecular complexity index is 493. The molecule has 1 aliphatic heterocycles. The minimum absolute atomic E-state index is 0.0235. The molecular weight excluding hydrogens is 257 g/mol. The number of carbonyl (C=O) groups is 1. The van der Waals surface area contributed by atoms with Gasteiger partial charge in [0.05, 0.1) is 5.56 Å². The van der Waals surface area contributed by atoms with Gasteiger partial charge >= 0.3 is 5.97 Å². The van der Waals surface area contributed by atoms with E-state index in [0.717, 1.165) is 37.6 Å². The van der Waals surface area contributed by atoms with Gasteiger partial charge in [-0.05, 0) is 55.1 Å². The van der Waals surface area contributed by atoms with Gasteiger partial charge in [-0.25, -0.2) is 9.18 Å². The molecule has 0 atom stereocenters. The molecular formula is C16H22FNO2. The summed E-state index contributed by atoms with van der Waals surface area (Å²) in [5.74, 6) is -1.56. The summed E-state index contributed by atoms with van der Waals surface area (Å²) >= 11 is 0. The van der Waals surface area contributed by atoms with E-state index < -0.39 is 11.8 Å². The highest BCUT2D eigenvalue weighted by Gasteiger charge is 2.28. The fourth-order valence-electron chi connectivity index (χ4n) is 2.73. The van der Waals surface area contributed by atoms with E-state index >= 15 is 0 Å². The monoisotopic (exact) mass is 279 g/mol. The Balaban J connectivity index is 2.03. The maximum absolute atomic E-state index is 13.4. The van der Waals surface area contributed by atoms with Gasteiger partial charge in [-0.1, -0.05) is 20.3 Å².